The minimum absolute atomic E-state index is 0.0969. The highest BCUT2D eigenvalue weighted by Crippen LogP contribution is 2.36. The summed E-state index contributed by atoms with van der Waals surface area (Å²) in [6.07, 6.45) is -0.371. The Kier molecular flexibility index (Phi) is 6.58. The second kappa shape index (κ2) is 8.88. The molecule has 0 aliphatic carbocycles. The van der Waals surface area contributed by atoms with E-state index < -0.39 is 41.4 Å². The summed E-state index contributed by atoms with van der Waals surface area (Å²) in [6, 6.07) is 7.40. The highest BCUT2D eigenvalue weighted by molar-refractivity contribution is 5.72. The molecule has 0 unspecified atom stereocenters. The summed E-state index contributed by atoms with van der Waals surface area (Å²) >= 11 is 0. The normalized spacial score (nSPS) is 10.6. The minimum Gasteiger partial charge on any atom is -0.493 e. The molecule has 0 aromatic heterocycles. The standard InChI is InChI=1S/C17H14F3NO6/c1-25-14-6-11(13(21(23)24)8-15(14)27-17(19)20)9-26-16(22)7-10-4-2-3-5-12(10)18/h2-6,8,17H,7,9H2,1H3. The average molecular weight is 385 g/mol. The first-order valence-corrected chi connectivity index (χ1v) is 7.51. The number of benzene rings is 2. The maximum absolute atomic E-state index is 13.5. The third kappa shape index (κ3) is 5.33. The first-order chi connectivity index (χ1) is 12.8. The molecule has 0 aliphatic rings. The molecular weight excluding hydrogens is 371 g/mol. The number of methoxy groups -OCH3 is 1. The van der Waals surface area contributed by atoms with Gasteiger partial charge < -0.3 is 14.2 Å². The molecule has 0 saturated carbocycles. The van der Waals surface area contributed by atoms with Gasteiger partial charge in [0.1, 0.15) is 12.4 Å². The number of carbonyl (C=O) groups excluding carboxylic acids is 1. The number of nitro benzene ring substituents is 1. The quantitative estimate of drug-likeness (QED) is 0.392. The van der Waals surface area contributed by atoms with Gasteiger partial charge in [0.2, 0.25) is 0 Å². The van der Waals surface area contributed by atoms with Crippen molar-refractivity contribution in [1.29, 1.82) is 0 Å². The molecule has 0 atom stereocenters. The van der Waals surface area contributed by atoms with Crippen molar-refractivity contribution >= 4 is 11.7 Å². The van der Waals surface area contributed by atoms with Gasteiger partial charge in [-0.1, -0.05) is 18.2 Å². The number of esters is 1. The lowest BCUT2D eigenvalue weighted by Crippen LogP contribution is -2.11. The number of alkyl halides is 2. The number of ether oxygens (including phenoxy) is 3. The van der Waals surface area contributed by atoms with Crippen LogP contribution in [-0.2, 0) is 22.6 Å². The summed E-state index contributed by atoms with van der Waals surface area (Å²) in [5.74, 6) is -2.13. The summed E-state index contributed by atoms with van der Waals surface area (Å²) in [6.45, 7) is -3.74. The monoisotopic (exact) mass is 385 g/mol. The molecule has 2 rings (SSSR count). The van der Waals surface area contributed by atoms with Crippen molar-refractivity contribution in [3.63, 3.8) is 0 Å². The lowest BCUT2D eigenvalue weighted by molar-refractivity contribution is -0.386. The number of hydrogen-bond acceptors (Lipinski definition) is 6. The Bertz CT molecular complexity index is 843. The fourth-order valence-electron chi connectivity index (χ4n) is 2.23. The number of nitro groups is 1. The smallest absolute Gasteiger partial charge is 0.387 e. The van der Waals surface area contributed by atoms with E-state index in [0.29, 0.717) is 0 Å². The molecule has 0 radical (unpaired) electrons. The first-order valence-electron chi connectivity index (χ1n) is 7.51. The van der Waals surface area contributed by atoms with E-state index in [9.17, 15) is 28.1 Å². The second-order valence-corrected chi connectivity index (χ2v) is 5.20. The van der Waals surface area contributed by atoms with Gasteiger partial charge in [-0.2, -0.15) is 8.78 Å². The molecular formula is C17H14F3NO6. The number of rotatable bonds is 8. The van der Waals surface area contributed by atoms with E-state index in [1.165, 1.54) is 18.2 Å². The van der Waals surface area contributed by atoms with E-state index >= 15 is 0 Å². The largest absolute Gasteiger partial charge is 0.493 e. The Morgan fingerprint density at radius 1 is 1.19 bits per heavy atom. The average Bonchev–Trinajstić information content (AvgIpc) is 2.61. The van der Waals surface area contributed by atoms with Gasteiger partial charge in [-0.25, -0.2) is 4.39 Å². The van der Waals surface area contributed by atoms with Gasteiger partial charge in [-0.15, -0.1) is 0 Å². The molecule has 2 aromatic carbocycles. The van der Waals surface area contributed by atoms with Crippen molar-refractivity contribution in [2.24, 2.45) is 0 Å². The Morgan fingerprint density at radius 2 is 1.89 bits per heavy atom. The Balaban J connectivity index is 2.18. The maximum atomic E-state index is 13.5. The van der Waals surface area contributed by atoms with Crippen LogP contribution in [-0.4, -0.2) is 24.6 Å². The molecule has 10 heteroatoms. The Labute approximate surface area is 151 Å². The van der Waals surface area contributed by atoms with Crippen LogP contribution >= 0.6 is 0 Å². The maximum Gasteiger partial charge on any atom is 0.387 e. The zero-order chi connectivity index (χ0) is 20.0. The molecule has 7 nitrogen and oxygen atoms in total. The van der Waals surface area contributed by atoms with Gasteiger partial charge >= 0.3 is 12.6 Å². The van der Waals surface area contributed by atoms with Crippen LogP contribution in [0.1, 0.15) is 11.1 Å². The van der Waals surface area contributed by atoms with Crippen molar-refractivity contribution in [3.8, 4) is 11.5 Å². The molecule has 0 amide bonds. The molecule has 0 fully saturated rings. The fourth-order valence-corrected chi connectivity index (χ4v) is 2.23. The Morgan fingerprint density at radius 3 is 2.48 bits per heavy atom. The van der Waals surface area contributed by atoms with Crippen molar-refractivity contribution in [1.82, 2.24) is 0 Å². The van der Waals surface area contributed by atoms with Crippen LogP contribution in [0.25, 0.3) is 0 Å². The van der Waals surface area contributed by atoms with Crippen molar-refractivity contribution in [2.45, 2.75) is 19.6 Å². The van der Waals surface area contributed by atoms with Gasteiger partial charge in [-0.3, -0.25) is 14.9 Å². The van der Waals surface area contributed by atoms with Crippen molar-refractivity contribution < 1.29 is 37.1 Å². The summed E-state index contributed by atoms with van der Waals surface area (Å²) in [5, 5.41) is 11.2. The zero-order valence-corrected chi connectivity index (χ0v) is 14.0. The third-order valence-electron chi connectivity index (χ3n) is 3.46. The highest BCUT2D eigenvalue weighted by Gasteiger charge is 2.22. The molecule has 0 aliphatic heterocycles. The molecule has 2 aromatic rings. The summed E-state index contributed by atoms with van der Waals surface area (Å²) < 4.78 is 52.4. The third-order valence-corrected chi connectivity index (χ3v) is 3.46. The number of carbonyl (C=O) groups is 1. The van der Waals surface area contributed by atoms with Gasteiger partial charge in [0.25, 0.3) is 5.69 Å². The van der Waals surface area contributed by atoms with E-state index in [4.69, 9.17) is 9.47 Å². The molecule has 144 valence electrons. The zero-order valence-electron chi connectivity index (χ0n) is 14.0. The molecule has 0 bridgehead atoms. The number of nitrogens with zero attached hydrogens (tertiary/aromatic N) is 1. The predicted molar refractivity (Wildman–Crippen MR) is 86.2 cm³/mol. The highest BCUT2D eigenvalue weighted by atomic mass is 19.3. The van der Waals surface area contributed by atoms with Crippen LogP contribution in [0.5, 0.6) is 11.5 Å². The summed E-state index contributed by atoms with van der Waals surface area (Å²) in [5.41, 5.74) is -0.583. The molecule has 0 heterocycles. The van der Waals surface area contributed by atoms with E-state index in [-0.39, 0.29) is 23.3 Å². The lowest BCUT2D eigenvalue weighted by Gasteiger charge is -2.12. The van der Waals surface area contributed by atoms with Crippen molar-refractivity contribution in [2.75, 3.05) is 7.11 Å². The summed E-state index contributed by atoms with van der Waals surface area (Å²) in [7, 11) is 1.16. The van der Waals surface area contributed by atoms with E-state index in [1.54, 1.807) is 6.07 Å². The minimum atomic E-state index is -3.21. The predicted octanol–water partition coefficient (Wildman–Crippen LogP) is 3.63. The second-order valence-electron chi connectivity index (χ2n) is 5.20. The fraction of sp³-hybridized carbons (Fsp3) is 0.235. The Hall–Kier alpha value is -3.30. The van der Waals surface area contributed by atoms with Crippen LogP contribution in [0, 0.1) is 15.9 Å². The summed E-state index contributed by atoms with van der Waals surface area (Å²) in [4.78, 5) is 22.2. The van der Waals surface area contributed by atoms with Crippen LogP contribution in [0.3, 0.4) is 0 Å². The number of hydrogen-bond donors (Lipinski definition) is 0. The number of halogens is 3. The van der Waals surface area contributed by atoms with Crippen LogP contribution in [0.15, 0.2) is 36.4 Å². The molecule has 0 spiro atoms. The SMILES string of the molecule is COc1cc(COC(=O)Cc2ccccc2F)c([N+](=O)[O-])cc1OC(F)F. The van der Waals surface area contributed by atoms with Gasteiger partial charge in [0.05, 0.1) is 30.1 Å². The van der Waals surface area contributed by atoms with Crippen molar-refractivity contribution in [3.05, 3.63) is 63.5 Å². The van der Waals surface area contributed by atoms with Crippen LogP contribution < -0.4 is 9.47 Å². The van der Waals surface area contributed by atoms with Crippen LogP contribution in [0.2, 0.25) is 0 Å². The van der Waals surface area contributed by atoms with E-state index in [1.807, 2.05) is 0 Å². The van der Waals surface area contributed by atoms with Gasteiger partial charge in [0, 0.05) is 0 Å². The van der Waals surface area contributed by atoms with E-state index in [2.05, 4.69) is 4.74 Å². The van der Waals surface area contributed by atoms with Crippen LogP contribution in [0.4, 0.5) is 18.9 Å². The van der Waals surface area contributed by atoms with Gasteiger partial charge in [0.15, 0.2) is 11.5 Å². The van der Waals surface area contributed by atoms with E-state index in [0.717, 1.165) is 19.2 Å². The first kappa shape index (κ1) is 20.0. The molecule has 0 N–H and O–H groups in total. The molecule has 27 heavy (non-hydrogen) atoms. The van der Waals surface area contributed by atoms with Gasteiger partial charge in [-0.05, 0) is 17.7 Å². The topological polar surface area (TPSA) is 87.9 Å². The molecule has 0 saturated heterocycles. The lowest BCUT2D eigenvalue weighted by atomic mass is 10.1.